The minimum atomic E-state index is -0.538. The summed E-state index contributed by atoms with van der Waals surface area (Å²) in [4.78, 5) is 2.51. The molecule has 2 heterocycles. The molecule has 0 N–H and O–H groups in total. The summed E-state index contributed by atoms with van der Waals surface area (Å²) in [6.45, 7) is 4.77. The van der Waals surface area contributed by atoms with E-state index in [1.165, 1.54) is 128 Å². The van der Waals surface area contributed by atoms with Gasteiger partial charge in [0.1, 0.15) is 0 Å². The first-order valence-electron chi connectivity index (χ1n) is 27.8. The maximum Gasteiger partial charge on any atom is 0.0754 e. The fraction of sp³-hybridized carbons (Fsp3) is 0.0649. The maximum absolute atomic E-state index is 2.53. The Morgan fingerprint density at radius 2 is 0.785 bits per heavy atom. The van der Waals surface area contributed by atoms with E-state index in [1.807, 2.05) is 0 Å². The third-order valence-corrected chi connectivity index (χ3v) is 18.7. The number of nitrogens with zero attached hydrogens (tertiary/aromatic N) is 2. The third-order valence-electron chi connectivity index (χ3n) is 18.7. The summed E-state index contributed by atoms with van der Waals surface area (Å²) in [6.07, 6.45) is 0. The molecule has 0 saturated heterocycles. The minimum absolute atomic E-state index is 0.172. The van der Waals surface area contributed by atoms with Crippen molar-refractivity contribution in [2.24, 2.45) is 0 Å². The van der Waals surface area contributed by atoms with E-state index in [9.17, 15) is 0 Å². The zero-order valence-corrected chi connectivity index (χ0v) is 44.0. The minimum Gasteiger partial charge on any atom is -0.310 e. The van der Waals surface area contributed by atoms with Gasteiger partial charge >= 0.3 is 0 Å². The quantitative estimate of drug-likeness (QED) is 0.161. The van der Waals surface area contributed by atoms with E-state index in [1.54, 1.807) is 0 Å². The first-order chi connectivity index (χ1) is 39.0. The summed E-state index contributed by atoms with van der Waals surface area (Å²) >= 11 is 0. The van der Waals surface area contributed by atoms with Crippen LogP contribution in [0.4, 0.5) is 17.1 Å². The van der Waals surface area contributed by atoms with E-state index in [4.69, 9.17) is 0 Å². The van der Waals surface area contributed by atoms with Crippen molar-refractivity contribution in [1.29, 1.82) is 0 Å². The molecule has 4 aliphatic rings. The van der Waals surface area contributed by atoms with Crippen molar-refractivity contribution >= 4 is 38.9 Å². The van der Waals surface area contributed by atoms with Gasteiger partial charge in [-0.05, 0) is 149 Å². The predicted octanol–water partition coefficient (Wildman–Crippen LogP) is 19.3. The van der Waals surface area contributed by atoms with Crippen LogP contribution in [0.3, 0.4) is 0 Å². The van der Waals surface area contributed by atoms with Crippen LogP contribution in [0.2, 0.25) is 0 Å². The number of benzene rings is 12. The van der Waals surface area contributed by atoms with Gasteiger partial charge < -0.3 is 9.47 Å². The van der Waals surface area contributed by atoms with Crippen LogP contribution in [0, 0.1) is 0 Å². The monoisotopic (exact) mass is 1000 g/mol. The van der Waals surface area contributed by atoms with Gasteiger partial charge in [0.25, 0.3) is 0 Å². The van der Waals surface area contributed by atoms with Gasteiger partial charge in [-0.2, -0.15) is 0 Å². The summed E-state index contributed by atoms with van der Waals surface area (Å²) in [6, 6.07) is 106. The normalized spacial score (nSPS) is 16.0. The van der Waals surface area contributed by atoms with Crippen molar-refractivity contribution in [3.8, 4) is 50.2 Å². The molecule has 0 saturated carbocycles. The Morgan fingerprint density at radius 1 is 0.304 bits per heavy atom. The second kappa shape index (κ2) is 16.1. The SMILES string of the molecule is CC1(C)c2ccccc2-c2ccc(N(c3ccc(-c4cccc5c4-c4ccccc4C54c5ccccc5-n5c6ccccc6c6cccc4c65)cc3)c3ccc4c(c3)C(c3ccccc3)(c3ccccc3)c3ccccc3-4)cc21. The molecule has 1 atom stereocenters. The first-order valence-corrected chi connectivity index (χ1v) is 27.8. The van der Waals surface area contributed by atoms with Crippen molar-refractivity contribution in [2.75, 3.05) is 4.90 Å². The van der Waals surface area contributed by atoms with Crippen molar-refractivity contribution in [2.45, 2.75) is 30.1 Å². The van der Waals surface area contributed by atoms with Gasteiger partial charge in [0.05, 0.1) is 27.6 Å². The average Bonchev–Trinajstić information content (AvgIpc) is 2.59. The van der Waals surface area contributed by atoms with E-state index in [-0.39, 0.29) is 5.41 Å². The molecule has 17 rings (SSSR count). The van der Waals surface area contributed by atoms with Crippen LogP contribution in [0.1, 0.15) is 69.5 Å². The Kier molecular flexibility index (Phi) is 9.07. The number of hydrogen-bond donors (Lipinski definition) is 0. The molecule has 3 aliphatic carbocycles. The third kappa shape index (κ3) is 5.70. The summed E-state index contributed by atoms with van der Waals surface area (Å²) in [5.74, 6) is 0. The second-order valence-electron chi connectivity index (χ2n) is 22.6. The molecule has 12 aromatic carbocycles. The Morgan fingerprint density at radius 3 is 1.51 bits per heavy atom. The van der Waals surface area contributed by atoms with Gasteiger partial charge in [-0.3, -0.25) is 0 Å². The summed E-state index contributed by atoms with van der Waals surface area (Å²) in [7, 11) is 0. The Balaban J connectivity index is 0.871. The Bertz CT molecular complexity index is 4650. The van der Waals surface area contributed by atoms with E-state index in [0.29, 0.717) is 0 Å². The standard InChI is InChI=1S/C77H52N2/c1-75(2)63-31-13-9-25-56(63)58-45-43-53(47-69(58)75)78(54-44-46-59-57-26-10-14-32-64(57)76(70(59)48-54,50-21-5-3-6-22-50)51-23-7-4-8-24-51)52-41-39-49(40-42-52)55-29-19-35-67-73(55)62-28-11-15-33-65(62)77(67)66-34-16-18-38-72(66)79-71-37-17-12-27-60(71)61-30-20-36-68(77)74(61)79/h3-48H,1-2H3. The van der Waals surface area contributed by atoms with E-state index >= 15 is 0 Å². The zero-order valence-electron chi connectivity index (χ0n) is 44.0. The lowest BCUT2D eigenvalue weighted by molar-refractivity contribution is 0.660. The van der Waals surface area contributed by atoms with E-state index in [2.05, 4.69) is 302 Å². The predicted molar refractivity (Wildman–Crippen MR) is 327 cm³/mol. The molecule has 0 radical (unpaired) electrons. The van der Waals surface area contributed by atoms with Gasteiger partial charge in [-0.15, -0.1) is 0 Å². The summed E-state index contributed by atoms with van der Waals surface area (Å²) in [5.41, 5.74) is 29.2. The van der Waals surface area contributed by atoms with Gasteiger partial charge in [-0.25, -0.2) is 0 Å². The van der Waals surface area contributed by atoms with Crippen LogP contribution >= 0.6 is 0 Å². The number of aromatic nitrogens is 1. The number of fused-ring (bicyclic) bond motifs is 18. The number of para-hydroxylation sites is 3. The van der Waals surface area contributed by atoms with Crippen LogP contribution in [0.5, 0.6) is 0 Å². The van der Waals surface area contributed by atoms with Gasteiger partial charge in [0, 0.05) is 33.2 Å². The molecule has 1 aromatic heterocycles. The summed E-state index contributed by atoms with van der Waals surface area (Å²) < 4.78 is 2.53. The Labute approximate surface area is 460 Å². The fourth-order valence-electron chi connectivity index (χ4n) is 15.5. The van der Waals surface area contributed by atoms with Crippen LogP contribution in [-0.4, -0.2) is 4.57 Å². The lowest BCUT2D eigenvalue weighted by Crippen LogP contribution is -2.33. The van der Waals surface area contributed by atoms with Crippen LogP contribution in [-0.2, 0) is 16.2 Å². The van der Waals surface area contributed by atoms with Crippen LogP contribution in [0.25, 0.3) is 72.0 Å². The molecule has 370 valence electrons. The lowest BCUT2D eigenvalue weighted by Gasteiger charge is -2.39. The highest BCUT2D eigenvalue weighted by Gasteiger charge is 2.52. The molecule has 1 spiro atoms. The highest BCUT2D eigenvalue weighted by atomic mass is 15.1. The Hall–Kier alpha value is -9.76. The van der Waals surface area contributed by atoms with Gasteiger partial charge in [-0.1, -0.05) is 244 Å². The largest absolute Gasteiger partial charge is 0.310 e. The molecule has 0 amide bonds. The molecule has 13 aromatic rings. The fourth-order valence-corrected chi connectivity index (χ4v) is 15.5. The van der Waals surface area contributed by atoms with Crippen molar-refractivity contribution in [3.63, 3.8) is 0 Å². The molecule has 1 unspecified atom stereocenters. The van der Waals surface area contributed by atoms with E-state index in [0.717, 1.165) is 17.1 Å². The lowest BCUT2D eigenvalue weighted by atomic mass is 9.65. The van der Waals surface area contributed by atoms with Crippen molar-refractivity contribution < 1.29 is 0 Å². The number of rotatable bonds is 6. The number of anilines is 3. The molecule has 0 fully saturated rings. The van der Waals surface area contributed by atoms with Gasteiger partial charge in [0.2, 0.25) is 0 Å². The molecule has 2 nitrogen and oxygen atoms in total. The molecule has 79 heavy (non-hydrogen) atoms. The van der Waals surface area contributed by atoms with Crippen LogP contribution in [0.15, 0.2) is 279 Å². The van der Waals surface area contributed by atoms with Crippen molar-refractivity contribution in [3.05, 3.63) is 335 Å². The van der Waals surface area contributed by atoms with Crippen LogP contribution < -0.4 is 4.90 Å². The van der Waals surface area contributed by atoms with E-state index < -0.39 is 10.8 Å². The molecule has 0 bridgehead atoms. The molecular formula is C77H52N2. The first kappa shape index (κ1) is 44.4. The highest BCUT2D eigenvalue weighted by Crippen LogP contribution is 2.63. The molecule has 2 heteroatoms. The molecular weight excluding hydrogens is 953 g/mol. The summed E-state index contributed by atoms with van der Waals surface area (Å²) in [5, 5.41) is 2.57. The average molecular weight is 1010 g/mol. The van der Waals surface area contributed by atoms with Gasteiger partial charge in [0.15, 0.2) is 0 Å². The maximum atomic E-state index is 2.53. The smallest absolute Gasteiger partial charge is 0.0754 e. The zero-order chi connectivity index (χ0) is 52.2. The highest BCUT2D eigenvalue weighted by molar-refractivity contribution is 6.13. The molecule has 1 aliphatic heterocycles. The topological polar surface area (TPSA) is 8.17 Å². The van der Waals surface area contributed by atoms with Crippen molar-refractivity contribution in [1.82, 2.24) is 4.57 Å². The number of hydrogen-bond acceptors (Lipinski definition) is 1. The second-order valence-corrected chi connectivity index (χ2v) is 22.6.